The molecule has 0 atom stereocenters. The predicted molar refractivity (Wildman–Crippen MR) is 107 cm³/mol. The second kappa shape index (κ2) is 6.88. The number of carbonyl (C=O) groups excluding carboxylic acids is 1. The second-order valence-electron chi connectivity index (χ2n) is 7.37. The van der Waals surface area contributed by atoms with Crippen LogP contribution in [0.3, 0.4) is 0 Å². The van der Waals surface area contributed by atoms with E-state index in [0.717, 1.165) is 46.5 Å². The van der Waals surface area contributed by atoms with Crippen LogP contribution >= 0.6 is 11.3 Å². The highest BCUT2D eigenvalue weighted by Crippen LogP contribution is 2.35. The predicted octanol–water partition coefficient (Wildman–Crippen LogP) is 4.74. The fraction of sp³-hybridized carbons (Fsp3) is 0.429. The molecular weight excluding hydrogens is 342 g/mol. The van der Waals surface area contributed by atoms with Crippen molar-refractivity contribution in [3.8, 4) is 0 Å². The number of carbonyl (C=O) groups is 1. The summed E-state index contributed by atoms with van der Waals surface area (Å²) in [4.78, 5) is 16.9. The van der Waals surface area contributed by atoms with E-state index in [9.17, 15) is 4.79 Å². The lowest BCUT2D eigenvalue weighted by molar-refractivity contribution is 0.0694. The van der Waals surface area contributed by atoms with Crippen LogP contribution in [0.15, 0.2) is 36.4 Å². The molecule has 0 aliphatic heterocycles. The van der Waals surface area contributed by atoms with E-state index in [1.165, 1.54) is 5.56 Å². The molecule has 4 rings (SSSR count). The highest BCUT2D eigenvalue weighted by molar-refractivity contribution is 7.20. The van der Waals surface area contributed by atoms with Gasteiger partial charge in [-0.3, -0.25) is 9.48 Å². The first-order chi connectivity index (χ1) is 12.5. The Hall–Kier alpha value is -2.14. The summed E-state index contributed by atoms with van der Waals surface area (Å²) in [5, 5.41) is 5.52. The van der Waals surface area contributed by atoms with E-state index in [1.807, 2.05) is 36.7 Å². The summed E-state index contributed by atoms with van der Waals surface area (Å²) in [5.41, 5.74) is 2.43. The quantitative estimate of drug-likeness (QED) is 0.670. The number of aryl methyl sites for hydroxylation is 2. The molecule has 0 unspecified atom stereocenters. The number of benzene rings is 1. The van der Waals surface area contributed by atoms with E-state index in [4.69, 9.17) is 0 Å². The van der Waals surface area contributed by atoms with Gasteiger partial charge in [-0.2, -0.15) is 5.10 Å². The molecule has 0 bridgehead atoms. The molecule has 1 aromatic carbocycles. The SMILES string of the molecule is Cc1nn(C)c2sc(C(=O)N(C)C3CCC(c4ccccc4)CC3)cc12. The fourth-order valence-electron chi connectivity index (χ4n) is 4.17. The van der Waals surface area contributed by atoms with Gasteiger partial charge in [0.15, 0.2) is 0 Å². The molecule has 1 fully saturated rings. The number of amides is 1. The van der Waals surface area contributed by atoms with Gasteiger partial charge in [0, 0.05) is 25.5 Å². The molecule has 1 aliphatic rings. The summed E-state index contributed by atoms with van der Waals surface area (Å²) >= 11 is 1.55. The fourth-order valence-corrected chi connectivity index (χ4v) is 5.28. The third kappa shape index (κ3) is 3.05. The standard InChI is InChI=1S/C21H25N3OS/c1-14-18-13-19(26-21(18)24(3)22-14)20(25)23(2)17-11-9-16(10-12-17)15-7-5-4-6-8-15/h4-8,13,16-17H,9-12H2,1-3H3. The molecule has 0 N–H and O–H groups in total. The van der Waals surface area contributed by atoms with Crippen molar-refractivity contribution in [1.29, 1.82) is 0 Å². The van der Waals surface area contributed by atoms with Gasteiger partial charge in [0.2, 0.25) is 0 Å². The van der Waals surface area contributed by atoms with E-state index < -0.39 is 0 Å². The maximum atomic E-state index is 13.0. The lowest BCUT2D eigenvalue weighted by Gasteiger charge is -2.34. The molecular formula is C21H25N3OS. The topological polar surface area (TPSA) is 38.1 Å². The summed E-state index contributed by atoms with van der Waals surface area (Å²) < 4.78 is 1.87. The highest BCUT2D eigenvalue weighted by atomic mass is 32.1. The first-order valence-corrected chi connectivity index (χ1v) is 10.1. The molecule has 1 saturated carbocycles. The summed E-state index contributed by atoms with van der Waals surface area (Å²) in [6.45, 7) is 2.00. The van der Waals surface area contributed by atoms with Crippen LogP contribution in [-0.2, 0) is 7.05 Å². The third-order valence-corrected chi connectivity index (χ3v) is 6.93. The molecule has 4 nitrogen and oxygen atoms in total. The summed E-state index contributed by atoms with van der Waals surface area (Å²) in [5.74, 6) is 0.780. The molecule has 0 saturated heterocycles. The summed E-state index contributed by atoms with van der Waals surface area (Å²) in [6.07, 6.45) is 4.46. The second-order valence-corrected chi connectivity index (χ2v) is 8.40. The van der Waals surface area contributed by atoms with Crippen molar-refractivity contribution in [3.05, 3.63) is 52.5 Å². The van der Waals surface area contributed by atoms with Crippen molar-refractivity contribution in [3.63, 3.8) is 0 Å². The molecule has 2 aromatic heterocycles. The minimum atomic E-state index is 0.147. The molecule has 26 heavy (non-hydrogen) atoms. The van der Waals surface area contributed by atoms with Crippen LogP contribution in [0, 0.1) is 6.92 Å². The van der Waals surface area contributed by atoms with Gasteiger partial charge >= 0.3 is 0 Å². The highest BCUT2D eigenvalue weighted by Gasteiger charge is 2.28. The van der Waals surface area contributed by atoms with Crippen LogP contribution in [0.5, 0.6) is 0 Å². The number of nitrogens with zero attached hydrogens (tertiary/aromatic N) is 3. The van der Waals surface area contributed by atoms with Crippen molar-refractivity contribution in [2.75, 3.05) is 7.05 Å². The van der Waals surface area contributed by atoms with E-state index >= 15 is 0 Å². The first-order valence-electron chi connectivity index (χ1n) is 9.30. The lowest BCUT2D eigenvalue weighted by atomic mass is 9.81. The maximum absolute atomic E-state index is 13.0. The Morgan fingerprint density at radius 1 is 1.19 bits per heavy atom. The Bertz CT molecular complexity index is 885. The number of hydrogen-bond donors (Lipinski definition) is 0. The number of aromatic nitrogens is 2. The Labute approximate surface area is 158 Å². The van der Waals surface area contributed by atoms with Crippen LogP contribution < -0.4 is 0 Å². The molecule has 1 aliphatic carbocycles. The lowest BCUT2D eigenvalue weighted by Crippen LogP contribution is -2.38. The van der Waals surface area contributed by atoms with Crippen molar-refractivity contribution in [2.24, 2.45) is 7.05 Å². The molecule has 3 aromatic rings. The molecule has 5 heteroatoms. The van der Waals surface area contributed by atoms with Gasteiger partial charge in [-0.05, 0) is 50.2 Å². The zero-order chi connectivity index (χ0) is 18.3. The summed E-state index contributed by atoms with van der Waals surface area (Å²) in [7, 11) is 3.90. The van der Waals surface area contributed by atoms with Crippen molar-refractivity contribution < 1.29 is 4.79 Å². The Morgan fingerprint density at radius 2 is 1.88 bits per heavy atom. The van der Waals surface area contributed by atoms with E-state index in [0.29, 0.717) is 12.0 Å². The van der Waals surface area contributed by atoms with E-state index in [-0.39, 0.29) is 5.91 Å². The van der Waals surface area contributed by atoms with Gasteiger partial charge in [-0.15, -0.1) is 11.3 Å². The molecule has 2 heterocycles. The molecule has 0 spiro atoms. The number of rotatable bonds is 3. The molecule has 0 radical (unpaired) electrons. The van der Waals surface area contributed by atoms with Gasteiger partial charge in [-0.25, -0.2) is 0 Å². The maximum Gasteiger partial charge on any atom is 0.264 e. The molecule has 136 valence electrons. The van der Waals surface area contributed by atoms with Gasteiger partial charge in [0.1, 0.15) is 4.83 Å². The third-order valence-electron chi connectivity index (χ3n) is 5.74. The van der Waals surface area contributed by atoms with Gasteiger partial charge in [0.05, 0.1) is 10.6 Å². The number of hydrogen-bond acceptors (Lipinski definition) is 3. The average Bonchev–Trinajstić information content (AvgIpc) is 3.23. The van der Waals surface area contributed by atoms with E-state index in [2.05, 4.69) is 35.4 Å². The van der Waals surface area contributed by atoms with Gasteiger partial charge in [-0.1, -0.05) is 30.3 Å². The van der Waals surface area contributed by atoms with Crippen LogP contribution in [0.1, 0.15) is 52.5 Å². The minimum Gasteiger partial charge on any atom is -0.338 e. The smallest absolute Gasteiger partial charge is 0.264 e. The van der Waals surface area contributed by atoms with Gasteiger partial charge < -0.3 is 4.90 Å². The van der Waals surface area contributed by atoms with Crippen molar-refractivity contribution in [1.82, 2.24) is 14.7 Å². The monoisotopic (exact) mass is 367 g/mol. The van der Waals surface area contributed by atoms with Crippen LogP contribution in [0.4, 0.5) is 0 Å². The zero-order valence-electron chi connectivity index (χ0n) is 15.6. The number of thiophene rings is 1. The first kappa shape index (κ1) is 17.3. The van der Waals surface area contributed by atoms with E-state index in [1.54, 1.807) is 11.3 Å². The average molecular weight is 368 g/mol. The molecule has 1 amide bonds. The normalized spacial score (nSPS) is 20.4. The zero-order valence-corrected chi connectivity index (χ0v) is 16.4. The Kier molecular flexibility index (Phi) is 4.57. The van der Waals surface area contributed by atoms with Crippen LogP contribution in [0.25, 0.3) is 10.2 Å². The Balaban J connectivity index is 1.45. The summed E-state index contributed by atoms with van der Waals surface area (Å²) in [6, 6.07) is 13.1. The van der Waals surface area contributed by atoms with Crippen LogP contribution in [0.2, 0.25) is 0 Å². The van der Waals surface area contributed by atoms with Crippen LogP contribution in [-0.4, -0.2) is 33.7 Å². The largest absolute Gasteiger partial charge is 0.338 e. The van der Waals surface area contributed by atoms with Crippen molar-refractivity contribution in [2.45, 2.75) is 44.6 Å². The minimum absolute atomic E-state index is 0.147. The number of fused-ring (bicyclic) bond motifs is 1. The van der Waals surface area contributed by atoms with Crippen molar-refractivity contribution >= 4 is 27.5 Å². The van der Waals surface area contributed by atoms with Gasteiger partial charge in [0.25, 0.3) is 5.91 Å². The Morgan fingerprint density at radius 3 is 2.54 bits per heavy atom.